The average molecular weight is 358 g/mol. The number of carbonyl (C=O) groups excluding carboxylic acids is 2. The Balaban J connectivity index is 1.60. The van der Waals surface area contributed by atoms with E-state index in [0.29, 0.717) is 5.02 Å². The maximum atomic E-state index is 12.5. The SMILES string of the molecule is O=C(Cc1ccc(Cl)cc1)NNC(C(=O)NC1CC1)c1ccccc1. The summed E-state index contributed by atoms with van der Waals surface area (Å²) < 4.78 is 0. The summed E-state index contributed by atoms with van der Waals surface area (Å²) in [7, 11) is 0. The second kappa shape index (κ2) is 8.14. The van der Waals surface area contributed by atoms with Gasteiger partial charge in [-0.2, -0.15) is 0 Å². The van der Waals surface area contributed by atoms with E-state index in [9.17, 15) is 9.59 Å². The highest BCUT2D eigenvalue weighted by molar-refractivity contribution is 6.30. The average Bonchev–Trinajstić information content (AvgIpc) is 3.42. The number of amides is 2. The quantitative estimate of drug-likeness (QED) is 0.667. The van der Waals surface area contributed by atoms with Gasteiger partial charge in [0.25, 0.3) is 0 Å². The lowest BCUT2D eigenvalue weighted by molar-refractivity contribution is -0.125. The fourth-order valence-corrected chi connectivity index (χ4v) is 2.57. The molecule has 130 valence electrons. The van der Waals surface area contributed by atoms with E-state index in [1.165, 1.54) is 0 Å². The highest BCUT2D eigenvalue weighted by Crippen LogP contribution is 2.21. The number of hydrazine groups is 1. The van der Waals surface area contributed by atoms with Crippen LogP contribution in [0.2, 0.25) is 5.02 Å². The fraction of sp³-hybridized carbons (Fsp3) is 0.263. The summed E-state index contributed by atoms with van der Waals surface area (Å²) in [4.78, 5) is 24.6. The standard InChI is InChI=1S/C19H20ClN3O2/c20-15-8-6-13(7-9-15)12-17(24)22-23-18(14-4-2-1-3-5-14)19(25)21-16-10-11-16/h1-9,16,18,23H,10-12H2,(H,21,25)(H,22,24). The third-order valence-electron chi connectivity index (χ3n) is 3.95. The summed E-state index contributed by atoms with van der Waals surface area (Å²) in [5.74, 6) is -0.358. The molecule has 1 aliphatic carbocycles. The Morgan fingerprint density at radius 1 is 1.04 bits per heavy atom. The molecule has 2 aromatic rings. The molecule has 0 aliphatic heterocycles. The molecular weight excluding hydrogens is 338 g/mol. The molecule has 1 aliphatic rings. The van der Waals surface area contributed by atoms with Crippen LogP contribution in [0.25, 0.3) is 0 Å². The monoisotopic (exact) mass is 357 g/mol. The molecule has 0 spiro atoms. The van der Waals surface area contributed by atoms with Gasteiger partial charge in [-0.15, -0.1) is 0 Å². The van der Waals surface area contributed by atoms with Crippen LogP contribution in [-0.2, 0) is 16.0 Å². The summed E-state index contributed by atoms with van der Waals surface area (Å²) in [5.41, 5.74) is 7.15. The molecule has 25 heavy (non-hydrogen) atoms. The molecule has 0 bridgehead atoms. The first-order valence-electron chi connectivity index (χ1n) is 8.26. The van der Waals surface area contributed by atoms with Crippen LogP contribution in [-0.4, -0.2) is 17.9 Å². The number of benzene rings is 2. The number of hydrogen-bond acceptors (Lipinski definition) is 3. The molecule has 1 unspecified atom stereocenters. The van der Waals surface area contributed by atoms with Crippen LogP contribution in [0, 0.1) is 0 Å². The molecule has 1 atom stereocenters. The number of carbonyl (C=O) groups is 2. The minimum Gasteiger partial charge on any atom is -0.352 e. The van der Waals surface area contributed by atoms with Gasteiger partial charge in [-0.1, -0.05) is 54.1 Å². The van der Waals surface area contributed by atoms with Crippen LogP contribution in [0.5, 0.6) is 0 Å². The third-order valence-corrected chi connectivity index (χ3v) is 4.20. The van der Waals surface area contributed by atoms with Crippen LogP contribution in [0.4, 0.5) is 0 Å². The van der Waals surface area contributed by atoms with Gasteiger partial charge in [-0.05, 0) is 36.1 Å². The summed E-state index contributed by atoms with van der Waals surface area (Å²) in [6.45, 7) is 0. The van der Waals surface area contributed by atoms with E-state index in [1.807, 2.05) is 30.3 Å². The molecule has 3 N–H and O–H groups in total. The molecule has 0 heterocycles. The van der Waals surface area contributed by atoms with Gasteiger partial charge in [0, 0.05) is 11.1 Å². The predicted octanol–water partition coefficient (Wildman–Crippen LogP) is 2.52. The number of hydrogen-bond donors (Lipinski definition) is 3. The molecule has 0 radical (unpaired) electrons. The van der Waals surface area contributed by atoms with Gasteiger partial charge in [0.1, 0.15) is 6.04 Å². The lowest BCUT2D eigenvalue weighted by Gasteiger charge is -2.19. The maximum absolute atomic E-state index is 12.5. The molecule has 5 nitrogen and oxygen atoms in total. The Kier molecular flexibility index (Phi) is 5.68. The van der Waals surface area contributed by atoms with Crippen molar-refractivity contribution in [3.8, 4) is 0 Å². The van der Waals surface area contributed by atoms with Crippen molar-refractivity contribution in [1.82, 2.24) is 16.2 Å². The number of nitrogens with one attached hydrogen (secondary N) is 3. The number of halogens is 1. The van der Waals surface area contributed by atoms with E-state index < -0.39 is 6.04 Å². The minimum absolute atomic E-state index is 0.138. The van der Waals surface area contributed by atoms with Crippen LogP contribution in [0.15, 0.2) is 54.6 Å². The van der Waals surface area contributed by atoms with Gasteiger partial charge in [-0.3, -0.25) is 15.0 Å². The number of rotatable bonds is 7. The van der Waals surface area contributed by atoms with Crippen LogP contribution >= 0.6 is 11.6 Å². The van der Waals surface area contributed by atoms with E-state index >= 15 is 0 Å². The van der Waals surface area contributed by atoms with Crippen molar-refractivity contribution in [2.24, 2.45) is 0 Å². The normalized spacial score (nSPS) is 14.6. The highest BCUT2D eigenvalue weighted by atomic mass is 35.5. The van der Waals surface area contributed by atoms with E-state index in [2.05, 4.69) is 16.2 Å². The Bertz CT molecular complexity index is 730. The van der Waals surface area contributed by atoms with Gasteiger partial charge in [0.05, 0.1) is 6.42 Å². The van der Waals surface area contributed by atoms with Crippen molar-refractivity contribution in [1.29, 1.82) is 0 Å². The topological polar surface area (TPSA) is 70.2 Å². The molecular formula is C19H20ClN3O2. The summed E-state index contributed by atoms with van der Waals surface area (Å²) in [5, 5.41) is 3.59. The summed E-state index contributed by atoms with van der Waals surface area (Å²) in [6, 6.07) is 16.0. The smallest absolute Gasteiger partial charge is 0.243 e. The minimum atomic E-state index is -0.629. The van der Waals surface area contributed by atoms with E-state index in [4.69, 9.17) is 11.6 Å². The van der Waals surface area contributed by atoms with Gasteiger partial charge < -0.3 is 5.32 Å². The molecule has 0 saturated heterocycles. The van der Waals surface area contributed by atoms with Crippen molar-refractivity contribution < 1.29 is 9.59 Å². The van der Waals surface area contributed by atoms with E-state index in [-0.39, 0.29) is 24.3 Å². The van der Waals surface area contributed by atoms with Crippen molar-refractivity contribution in [3.63, 3.8) is 0 Å². The van der Waals surface area contributed by atoms with Gasteiger partial charge >= 0.3 is 0 Å². The highest BCUT2D eigenvalue weighted by Gasteiger charge is 2.28. The van der Waals surface area contributed by atoms with E-state index in [1.54, 1.807) is 24.3 Å². The van der Waals surface area contributed by atoms with E-state index in [0.717, 1.165) is 24.0 Å². The first-order chi connectivity index (χ1) is 12.1. The Hall–Kier alpha value is -2.37. The molecule has 1 fully saturated rings. The second-order valence-electron chi connectivity index (χ2n) is 6.12. The van der Waals surface area contributed by atoms with Crippen LogP contribution in [0.1, 0.15) is 30.0 Å². The first kappa shape index (κ1) is 17.5. The lowest BCUT2D eigenvalue weighted by atomic mass is 10.1. The second-order valence-corrected chi connectivity index (χ2v) is 6.56. The summed E-state index contributed by atoms with van der Waals surface area (Å²) in [6.07, 6.45) is 2.22. The maximum Gasteiger partial charge on any atom is 0.243 e. The zero-order valence-electron chi connectivity index (χ0n) is 13.7. The van der Waals surface area contributed by atoms with Crippen LogP contribution < -0.4 is 16.2 Å². The van der Waals surface area contributed by atoms with Crippen molar-refractivity contribution in [2.45, 2.75) is 31.3 Å². The predicted molar refractivity (Wildman–Crippen MR) is 96.8 cm³/mol. The molecule has 2 aromatic carbocycles. The molecule has 6 heteroatoms. The lowest BCUT2D eigenvalue weighted by Crippen LogP contribution is -2.47. The molecule has 1 saturated carbocycles. The van der Waals surface area contributed by atoms with Crippen molar-refractivity contribution in [3.05, 3.63) is 70.7 Å². The molecule has 0 aromatic heterocycles. The van der Waals surface area contributed by atoms with Gasteiger partial charge in [0.2, 0.25) is 11.8 Å². The largest absolute Gasteiger partial charge is 0.352 e. The fourth-order valence-electron chi connectivity index (χ4n) is 2.44. The first-order valence-corrected chi connectivity index (χ1v) is 8.64. The zero-order chi connectivity index (χ0) is 17.6. The van der Waals surface area contributed by atoms with Crippen molar-refractivity contribution >= 4 is 23.4 Å². The Morgan fingerprint density at radius 2 is 1.72 bits per heavy atom. The zero-order valence-corrected chi connectivity index (χ0v) is 14.4. The van der Waals surface area contributed by atoms with Gasteiger partial charge in [-0.25, -0.2) is 5.43 Å². The summed E-state index contributed by atoms with van der Waals surface area (Å²) >= 11 is 5.84. The molecule has 2 amide bonds. The Labute approximate surface area is 151 Å². The van der Waals surface area contributed by atoms with Gasteiger partial charge in [0.15, 0.2) is 0 Å². The molecule has 3 rings (SSSR count). The van der Waals surface area contributed by atoms with Crippen molar-refractivity contribution in [2.75, 3.05) is 0 Å². The van der Waals surface area contributed by atoms with Crippen LogP contribution in [0.3, 0.4) is 0 Å². The Morgan fingerprint density at radius 3 is 2.36 bits per heavy atom. The third kappa shape index (κ3) is 5.31.